The summed E-state index contributed by atoms with van der Waals surface area (Å²) in [5, 5.41) is 17.6. The number of para-hydroxylation sites is 1. The standard InChI is InChI=1S/C32H35Cl2N3O5S/c1-20-10-7-8-13-22(20)17-35-30(40)29-32(2,3)43-19-37(29)31(41)27(39)25(16-21-11-5-4-6-12-21)36-26(38)18-42-28-23(33)14-9-15-24(28)34/h4-15,25,27,29,39H,16-19H2,1-3H3,(H,35,40)(H,36,38)/t25-,27-,29+/m0/s1. The number of amides is 3. The normalized spacial score (nSPS) is 17.2. The van der Waals surface area contributed by atoms with E-state index in [9.17, 15) is 19.5 Å². The minimum Gasteiger partial charge on any atom is -0.481 e. The summed E-state index contributed by atoms with van der Waals surface area (Å²) in [5.74, 6) is -1.16. The molecule has 3 aromatic carbocycles. The fourth-order valence-electron chi connectivity index (χ4n) is 4.96. The minimum atomic E-state index is -1.63. The molecule has 1 saturated heterocycles. The molecule has 1 aliphatic rings. The van der Waals surface area contributed by atoms with Gasteiger partial charge in [0.05, 0.1) is 22.0 Å². The van der Waals surface area contributed by atoms with Gasteiger partial charge >= 0.3 is 0 Å². The summed E-state index contributed by atoms with van der Waals surface area (Å²) >= 11 is 13.8. The van der Waals surface area contributed by atoms with E-state index < -0.39 is 41.4 Å². The Balaban J connectivity index is 1.49. The van der Waals surface area contributed by atoms with E-state index in [1.807, 2.05) is 75.4 Å². The van der Waals surface area contributed by atoms with Crippen LogP contribution in [0, 0.1) is 6.92 Å². The number of ether oxygens (including phenoxy) is 1. The van der Waals surface area contributed by atoms with Gasteiger partial charge in [-0.1, -0.05) is 83.9 Å². The monoisotopic (exact) mass is 643 g/mol. The summed E-state index contributed by atoms with van der Waals surface area (Å²) in [6, 6.07) is 19.9. The molecule has 0 saturated carbocycles. The first-order valence-corrected chi connectivity index (χ1v) is 15.6. The lowest BCUT2D eigenvalue weighted by Gasteiger charge is -2.33. The zero-order chi connectivity index (χ0) is 31.1. The molecule has 0 bridgehead atoms. The Morgan fingerprint density at radius 3 is 2.35 bits per heavy atom. The van der Waals surface area contributed by atoms with Gasteiger partial charge in [0.25, 0.3) is 11.8 Å². The highest BCUT2D eigenvalue weighted by Gasteiger charge is 2.49. The Kier molecular flexibility index (Phi) is 11.0. The number of nitrogens with zero attached hydrogens (tertiary/aromatic N) is 1. The average Bonchev–Trinajstić information content (AvgIpc) is 3.30. The number of halogens is 2. The minimum absolute atomic E-state index is 0.160. The molecule has 0 radical (unpaired) electrons. The van der Waals surface area contributed by atoms with E-state index in [-0.39, 0.29) is 34.0 Å². The number of thioether (sulfide) groups is 1. The maximum absolute atomic E-state index is 13.8. The number of nitrogens with one attached hydrogen (secondary N) is 2. The first-order valence-electron chi connectivity index (χ1n) is 13.8. The fraction of sp³-hybridized carbons (Fsp3) is 0.344. The summed E-state index contributed by atoms with van der Waals surface area (Å²) in [7, 11) is 0. The van der Waals surface area contributed by atoms with Gasteiger partial charge in [-0.15, -0.1) is 11.8 Å². The molecular formula is C32H35Cl2N3O5S. The molecule has 3 atom stereocenters. The lowest BCUT2D eigenvalue weighted by Crippen LogP contribution is -2.59. The number of carbonyl (C=O) groups is 3. The second-order valence-electron chi connectivity index (χ2n) is 10.9. The molecule has 11 heteroatoms. The van der Waals surface area contributed by atoms with Crippen molar-refractivity contribution in [2.75, 3.05) is 12.5 Å². The zero-order valence-corrected chi connectivity index (χ0v) is 26.5. The van der Waals surface area contributed by atoms with Crippen LogP contribution in [0.3, 0.4) is 0 Å². The van der Waals surface area contributed by atoms with Crippen LogP contribution in [0.1, 0.15) is 30.5 Å². The highest BCUT2D eigenvalue weighted by molar-refractivity contribution is 8.00. The summed E-state index contributed by atoms with van der Waals surface area (Å²) < 4.78 is 4.95. The van der Waals surface area contributed by atoms with Gasteiger partial charge in [-0.25, -0.2) is 0 Å². The van der Waals surface area contributed by atoms with Crippen LogP contribution in [0.5, 0.6) is 5.75 Å². The van der Waals surface area contributed by atoms with Gasteiger partial charge < -0.3 is 25.4 Å². The second kappa shape index (κ2) is 14.5. The van der Waals surface area contributed by atoms with Crippen molar-refractivity contribution in [1.82, 2.24) is 15.5 Å². The average molecular weight is 645 g/mol. The first kappa shape index (κ1) is 32.7. The third kappa shape index (κ3) is 8.23. The molecule has 3 aromatic rings. The summed E-state index contributed by atoms with van der Waals surface area (Å²) in [5.41, 5.74) is 2.83. The van der Waals surface area contributed by atoms with E-state index in [2.05, 4.69) is 10.6 Å². The first-order chi connectivity index (χ1) is 20.5. The van der Waals surface area contributed by atoms with Gasteiger partial charge in [0, 0.05) is 11.3 Å². The van der Waals surface area contributed by atoms with Crippen LogP contribution in [0.25, 0.3) is 0 Å². The Hall–Kier alpha value is -3.24. The van der Waals surface area contributed by atoms with Crippen molar-refractivity contribution in [3.8, 4) is 5.75 Å². The van der Waals surface area contributed by atoms with E-state index in [1.54, 1.807) is 18.2 Å². The van der Waals surface area contributed by atoms with Crippen LogP contribution in [-0.2, 0) is 27.3 Å². The molecule has 3 N–H and O–H groups in total. The number of rotatable bonds is 11. The van der Waals surface area contributed by atoms with Crippen molar-refractivity contribution in [3.05, 3.63) is 99.5 Å². The molecule has 1 heterocycles. The third-order valence-corrected chi connectivity index (χ3v) is 9.31. The van der Waals surface area contributed by atoms with Crippen LogP contribution in [0.4, 0.5) is 0 Å². The van der Waals surface area contributed by atoms with Crippen molar-refractivity contribution in [2.24, 2.45) is 0 Å². The van der Waals surface area contributed by atoms with Crippen LogP contribution in [0.15, 0.2) is 72.8 Å². The Labute approximate surface area is 266 Å². The highest BCUT2D eigenvalue weighted by Crippen LogP contribution is 2.40. The van der Waals surface area contributed by atoms with Crippen LogP contribution >= 0.6 is 35.0 Å². The highest BCUT2D eigenvalue weighted by atomic mass is 35.5. The van der Waals surface area contributed by atoms with E-state index in [1.165, 1.54) is 16.7 Å². The second-order valence-corrected chi connectivity index (χ2v) is 13.3. The van der Waals surface area contributed by atoms with Crippen molar-refractivity contribution < 1.29 is 24.2 Å². The number of aliphatic hydroxyl groups is 1. The molecule has 0 unspecified atom stereocenters. The van der Waals surface area contributed by atoms with Crippen LogP contribution in [0.2, 0.25) is 10.0 Å². The summed E-state index contributed by atoms with van der Waals surface area (Å²) in [4.78, 5) is 41.7. The predicted molar refractivity (Wildman–Crippen MR) is 170 cm³/mol. The number of hydrogen-bond donors (Lipinski definition) is 3. The SMILES string of the molecule is Cc1ccccc1CNC(=O)[C@H]1N(C(=O)[C@@H](O)[C@H](Cc2ccccc2)NC(=O)COc2c(Cl)cccc2Cl)CSC1(C)C. The Morgan fingerprint density at radius 1 is 1.02 bits per heavy atom. The molecular weight excluding hydrogens is 609 g/mol. The number of aryl methyl sites for hydroxylation is 1. The summed E-state index contributed by atoms with van der Waals surface area (Å²) in [6.07, 6.45) is -1.46. The van der Waals surface area contributed by atoms with E-state index in [0.717, 1.165) is 16.7 Å². The fourth-order valence-corrected chi connectivity index (χ4v) is 6.61. The van der Waals surface area contributed by atoms with Gasteiger partial charge in [0.2, 0.25) is 5.91 Å². The van der Waals surface area contributed by atoms with Crippen molar-refractivity contribution in [3.63, 3.8) is 0 Å². The molecule has 1 fully saturated rings. The smallest absolute Gasteiger partial charge is 0.258 e. The molecule has 0 aromatic heterocycles. The predicted octanol–water partition coefficient (Wildman–Crippen LogP) is 4.77. The van der Waals surface area contributed by atoms with E-state index in [0.29, 0.717) is 6.54 Å². The lowest BCUT2D eigenvalue weighted by atomic mass is 9.97. The van der Waals surface area contributed by atoms with Gasteiger partial charge in [-0.3, -0.25) is 14.4 Å². The molecule has 1 aliphatic heterocycles. The third-order valence-electron chi connectivity index (χ3n) is 7.34. The van der Waals surface area contributed by atoms with E-state index >= 15 is 0 Å². The molecule has 0 aliphatic carbocycles. The lowest BCUT2D eigenvalue weighted by molar-refractivity contribution is -0.148. The molecule has 4 rings (SSSR count). The van der Waals surface area contributed by atoms with Gasteiger partial charge in [0.15, 0.2) is 18.5 Å². The zero-order valence-electron chi connectivity index (χ0n) is 24.2. The van der Waals surface area contributed by atoms with Crippen molar-refractivity contribution >= 4 is 52.7 Å². The molecule has 8 nitrogen and oxygen atoms in total. The van der Waals surface area contributed by atoms with Gasteiger partial charge in [-0.05, 0) is 56.0 Å². The van der Waals surface area contributed by atoms with Crippen LogP contribution in [-0.4, -0.2) is 63.1 Å². The Morgan fingerprint density at radius 2 is 1.67 bits per heavy atom. The van der Waals surface area contributed by atoms with Gasteiger partial charge in [-0.2, -0.15) is 0 Å². The van der Waals surface area contributed by atoms with Crippen molar-refractivity contribution in [2.45, 2.75) is 56.7 Å². The molecule has 43 heavy (non-hydrogen) atoms. The maximum Gasteiger partial charge on any atom is 0.258 e. The quantitative estimate of drug-likeness (QED) is 0.278. The van der Waals surface area contributed by atoms with Crippen LogP contribution < -0.4 is 15.4 Å². The van der Waals surface area contributed by atoms with Crippen molar-refractivity contribution in [1.29, 1.82) is 0 Å². The molecule has 3 amide bonds. The number of aliphatic hydroxyl groups excluding tert-OH is 1. The van der Waals surface area contributed by atoms with E-state index in [4.69, 9.17) is 27.9 Å². The number of benzene rings is 3. The molecule has 228 valence electrons. The molecule has 0 spiro atoms. The topological polar surface area (TPSA) is 108 Å². The van der Waals surface area contributed by atoms with Gasteiger partial charge in [0.1, 0.15) is 6.04 Å². The largest absolute Gasteiger partial charge is 0.481 e. The summed E-state index contributed by atoms with van der Waals surface area (Å²) in [6.45, 7) is 5.64. The number of hydrogen-bond acceptors (Lipinski definition) is 6. The maximum atomic E-state index is 13.8. The number of carbonyl (C=O) groups excluding carboxylic acids is 3. The Bertz CT molecular complexity index is 1440.